The molecule has 0 spiro atoms. The Bertz CT molecular complexity index is 538. The van der Waals surface area contributed by atoms with Crippen molar-refractivity contribution in [3.05, 3.63) is 43.4 Å². The zero-order chi connectivity index (χ0) is 11.5. The van der Waals surface area contributed by atoms with Crippen LogP contribution >= 0.6 is 45.2 Å². The fourth-order valence-electron chi connectivity index (χ4n) is 1.24. The summed E-state index contributed by atoms with van der Waals surface area (Å²) in [5.74, 6) is 0. The zero-order valence-electron chi connectivity index (χ0n) is 7.98. The fraction of sp³-hybridized carbons (Fsp3) is 0. The van der Waals surface area contributed by atoms with E-state index in [0.29, 0.717) is 5.56 Å². The Morgan fingerprint density at radius 3 is 2.31 bits per heavy atom. The molecular formula is C11H5I2N3. The lowest BCUT2D eigenvalue weighted by Crippen LogP contribution is -1.90. The van der Waals surface area contributed by atoms with Crippen molar-refractivity contribution in [2.45, 2.75) is 0 Å². The number of rotatable bonds is 1. The van der Waals surface area contributed by atoms with E-state index in [9.17, 15) is 0 Å². The van der Waals surface area contributed by atoms with E-state index in [-0.39, 0.29) is 0 Å². The third-order valence-corrected chi connectivity index (χ3v) is 3.06. The summed E-state index contributed by atoms with van der Waals surface area (Å²) in [5.41, 5.74) is 2.45. The van der Waals surface area contributed by atoms with Crippen LogP contribution in [-0.4, -0.2) is 9.97 Å². The van der Waals surface area contributed by atoms with Crippen molar-refractivity contribution in [3.63, 3.8) is 0 Å². The summed E-state index contributed by atoms with van der Waals surface area (Å²) in [6.07, 6.45) is 1.58. The molecule has 78 valence electrons. The lowest BCUT2D eigenvalue weighted by molar-refractivity contribution is 1.21. The van der Waals surface area contributed by atoms with Gasteiger partial charge in [-0.05, 0) is 69.4 Å². The van der Waals surface area contributed by atoms with Gasteiger partial charge in [0.25, 0.3) is 0 Å². The molecule has 2 aromatic rings. The summed E-state index contributed by atoms with van der Waals surface area (Å²) in [6, 6.07) is 9.60. The smallest absolute Gasteiger partial charge is 0.103 e. The molecule has 0 bridgehead atoms. The highest BCUT2D eigenvalue weighted by atomic mass is 127. The maximum absolute atomic E-state index is 8.68. The number of halogens is 2. The molecule has 2 heterocycles. The number of nitriles is 1. The van der Waals surface area contributed by atoms with Crippen molar-refractivity contribution in [1.82, 2.24) is 9.97 Å². The molecule has 0 aromatic carbocycles. The Hall–Kier alpha value is -0.750. The largest absolute Gasteiger partial charge is 0.255 e. The maximum Gasteiger partial charge on any atom is 0.103 e. The average Bonchev–Trinajstić information content (AvgIpc) is 2.28. The topological polar surface area (TPSA) is 49.6 Å². The van der Waals surface area contributed by atoms with Crippen molar-refractivity contribution < 1.29 is 0 Å². The standard InChI is InChI=1S/C11H5I2N3/c12-10-3-8(4-11(13)16-10)9-2-1-7(5-14)6-15-9/h1-4,6H. The molecule has 0 saturated heterocycles. The molecule has 2 aromatic heterocycles. The van der Waals surface area contributed by atoms with Gasteiger partial charge in [0.15, 0.2) is 0 Å². The van der Waals surface area contributed by atoms with Crippen molar-refractivity contribution in [1.29, 1.82) is 5.26 Å². The molecule has 0 N–H and O–H groups in total. The molecule has 0 aliphatic rings. The first kappa shape index (κ1) is 11.7. The van der Waals surface area contributed by atoms with E-state index in [0.717, 1.165) is 18.7 Å². The molecule has 0 aliphatic carbocycles. The summed E-state index contributed by atoms with van der Waals surface area (Å²) in [4.78, 5) is 8.53. The molecule has 0 radical (unpaired) electrons. The molecule has 0 atom stereocenters. The third-order valence-electron chi connectivity index (χ3n) is 1.95. The van der Waals surface area contributed by atoms with E-state index in [1.165, 1.54) is 0 Å². The van der Waals surface area contributed by atoms with Crippen LogP contribution in [0.1, 0.15) is 5.56 Å². The first-order valence-corrected chi connectivity index (χ1v) is 6.54. The minimum absolute atomic E-state index is 0.571. The lowest BCUT2D eigenvalue weighted by atomic mass is 10.1. The second-order valence-electron chi connectivity index (χ2n) is 3.05. The van der Waals surface area contributed by atoms with E-state index in [1.54, 1.807) is 12.3 Å². The van der Waals surface area contributed by atoms with Crippen molar-refractivity contribution in [3.8, 4) is 17.3 Å². The van der Waals surface area contributed by atoms with Gasteiger partial charge < -0.3 is 0 Å². The predicted octanol–water partition coefficient (Wildman–Crippen LogP) is 3.22. The van der Waals surface area contributed by atoms with Crippen LogP contribution in [0.2, 0.25) is 0 Å². The zero-order valence-corrected chi connectivity index (χ0v) is 12.3. The quantitative estimate of drug-likeness (QED) is 0.513. The van der Waals surface area contributed by atoms with Crippen molar-refractivity contribution in [2.24, 2.45) is 0 Å². The van der Waals surface area contributed by atoms with Crippen molar-refractivity contribution >= 4 is 45.2 Å². The SMILES string of the molecule is N#Cc1ccc(-c2cc(I)nc(I)c2)nc1. The predicted molar refractivity (Wildman–Crippen MR) is 77.6 cm³/mol. The van der Waals surface area contributed by atoms with E-state index >= 15 is 0 Å². The molecule has 0 fully saturated rings. The second kappa shape index (κ2) is 5.05. The van der Waals surface area contributed by atoms with Gasteiger partial charge in [-0.3, -0.25) is 4.98 Å². The van der Waals surface area contributed by atoms with Crippen LogP contribution in [0.25, 0.3) is 11.3 Å². The Balaban J connectivity index is 2.47. The molecule has 0 saturated carbocycles. The monoisotopic (exact) mass is 433 g/mol. The Kier molecular flexibility index (Phi) is 3.70. The lowest BCUT2D eigenvalue weighted by Gasteiger charge is -2.02. The van der Waals surface area contributed by atoms with Gasteiger partial charge in [-0.2, -0.15) is 5.26 Å². The normalized spacial score (nSPS) is 9.81. The van der Waals surface area contributed by atoms with Crippen LogP contribution in [0.5, 0.6) is 0 Å². The minimum atomic E-state index is 0.571. The molecule has 0 aliphatic heterocycles. The first-order chi connectivity index (χ1) is 7.69. The number of nitrogens with zero attached hydrogens (tertiary/aromatic N) is 3. The molecule has 2 rings (SSSR count). The summed E-state index contributed by atoms with van der Waals surface area (Å²) in [6.45, 7) is 0. The number of hydrogen-bond donors (Lipinski definition) is 0. The van der Waals surface area contributed by atoms with Crippen LogP contribution in [0.15, 0.2) is 30.5 Å². The maximum atomic E-state index is 8.68. The van der Waals surface area contributed by atoms with Gasteiger partial charge >= 0.3 is 0 Å². The summed E-state index contributed by atoms with van der Waals surface area (Å²) < 4.78 is 1.87. The summed E-state index contributed by atoms with van der Waals surface area (Å²) in [7, 11) is 0. The van der Waals surface area contributed by atoms with Crippen molar-refractivity contribution in [2.75, 3.05) is 0 Å². The number of pyridine rings is 2. The third kappa shape index (κ3) is 2.68. The Morgan fingerprint density at radius 1 is 1.12 bits per heavy atom. The van der Waals surface area contributed by atoms with Gasteiger partial charge in [-0.1, -0.05) is 0 Å². The first-order valence-electron chi connectivity index (χ1n) is 4.38. The molecular weight excluding hydrogens is 428 g/mol. The molecule has 5 heteroatoms. The average molecular weight is 433 g/mol. The van der Waals surface area contributed by atoms with E-state index in [4.69, 9.17) is 5.26 Å². The van der Waals surface area contributed by atoms with Gasteiger partial charge in [0.05, 0.1) is 11.3 Å². The molecule has 0 amide bonds. The van der Waals surface area contributed by atoms with Gasteiger partial charge in [0.2, 0.25) is 0 Å². The highest BCUT2D eigenvalue weighted by molar-refractivity contribution is 14.1. The minimum Gasteiger partial charge on any atom is -0.255 e. The number of aromatic nitrogens is 2. The van der Waals surface area contributed by atoms with E-state index < -0.39 is 0 Å². The highest BCUT2D eigenvalue weighted by Crippen LogP contribution is 2.20. The van der Waals surface area contributed by atoms with Gasteiger partial charge in [0.1, 0.15) is 13.5 Å². The van der Waals surface area contributed by atoms with E-state index in [1.807, 2.05) is 18.2 Å². The van der Waals surface area contributed by atoms with Crippen LogP contribution in [-0.2, 0) is 0 Å². The highest BCUT2D eigenvalue weighted by Gasteiger charge is 2.03. The summed E-state index contributed by atoms with van der Waals surface area (Å²) in [5, 5.41) is 8.68. The van der Waals surface area contributed by atoms with Gasteiger partial charge in [0, 0.05) is 11.8 Å². The molecule has 16 heavy (non-hydrogen) atoms. The van der Waals surface area contributed by atoms with E-state index in [2.05, 4.69) is 61.2 Å². The van der Waals surface area contributed by atoms with Crippen LogP contribution in [0, 0.1) is 18.7 Å². The van der Waals surface area contributed by atoms with Crippen LogP contribution < -0.4 is 0 Å². The number of hydrogen-bond acceptors (Lipinski definition) is 3. The molecule has 3 nitrogen and oxygen atoms in total. The molecule has 0 unspecified atom stereocenters. The summed E-state index contributed by atoms with van der Waals surface area (Å²) >= 11 is 4.35. The van der Waals surface area contributed by atoms with Gasteiger partial charge in [-0.15, -0.1) is 0 Å². The Morgan fingerprint density at radius 2 is 1.81 bits per heavy atom. The fourth-order valence-corrected chi connectivity index (χ4v) is 2.90. The van der Waals surface area contributed by atoms with Crippen LogP contribution in [0.4, 0.5) is 0 Å². The second-order valence-corrected chi connectivity index (χ2v) is 5.26. The Labute approximate surface area is 120 Å². The van der Waals surface area contributed by atoms with Gasteiger partial charge in [-0.25, -0.2) is 4.98 Å². The van der Waals surface area contributed by atoms with Crippen LogP contribution in [0.3, 0.4) is 0 Å².